The molecule has 0 saturated heterocycles. The third kappa shape index (κ3) is 2.11. The molecule has 0 rings (SSSR count). The molecule has 0 radical (unpaired) electrons. The molecule has 8 heteroatoms. The highest BCUT2D eigenvalue weighted by atomic mass is 19.4. The SMILES string of the molecule is C=COC(C)(C)C(O)(C(F)(F)F)C(F)(F)F. The first kappa shape index (κ1) is 15.1. The Morgan fingerprint density at radius 1 is 1.00 bits per heavy atom. The first-order chi connectivity index (χ1) is 6.81. The number of rotatable bonds is 3. The van der Waals surface area contributed by atoms with Crippen molar-refractivity contribution < 1.29 is 36.2 Å². The predicted octanol–water partition coefficient (Wildman–Crippen LogP) is 2.78. The van der Waals surface area contributed by atoms with Crippen LogP contribution in [-0.2, 0) is 4.74 Å². The normalized spacial score (nSPS) is 14.8. The maximum absolute atomic E-state index is 12.3. The molecule has 2 nitrogen and oxygen atoms in total. The Morgan fingerprint density at radius 3 is 1.50 bits per heavy atom. The molecular weight excluding hydrogens is 242 g/mol. The van der Waals surface area contributed by atoms with Crippen LogP contribution in [-0.4, -0.2) is 28.7 Å². The van der Waals surface area contributed by atoms with Gasteiger partial charge in [-0.15, -0.1) is 0 Å². The maximum Gasteiger partial charge on any atom is 0.430 e. The van der Waals surface area contributed by atoms with E-state index in [0.29, 0.717) is 20.1 Å². The van der Waals surface area contributed by atoms with E-state index in [-0.39, 0.29) is 0 Å². The summed E-state index contributed by atoms with van der Waals surface area (Å²) in [7, 11) is 0. The van der Waals surface area contributed by atoms with E-state index < -0.39 is 23.6 Å². The number of halogens is 6. The van der Waals surface area contributed by atoms with E-state index in [1.807, 2.05) is 0 Å². The summed E-state index contributed by atoms with van der Waals surface area (Å²) in [6.45, 7) is 3.79. The van der Waals surface area contributed by atoms with Gasteiger partial charge in [0.15, 0.2) is 0 Å². The van der Waals surface area contributed by atoms with E-state index in [2.05, 4.69) is 11.3 Å². The quantitative estimate of drug-likeness (QED) is 0.618. The lowest BCUT2D eigenvalue weighted by Gasteiger charge is -2.43. The van der Waals surface area contributed by atoms with Crippen molar-refractivity contribution in [2.24, 2.45) is 0 Å². The van der Waals surface area contributed by atoms with Crippen molar-refractivity contribution in [1.82, 2.24) is 0 Å². The number of aliphatic hydroxyl groups is 1. The second kappa shape index (κ2) is 3.83. The summed E-state index contributed by atoms with van der Waals surface area (Å²) >= 11 is 0. The van der Waals surface area contributed by atoms with Gasteiger partial charge in [0, 0.05) is 0 Å². The van der Waals surface area contributed by atoms with Crippen LogP contribution in [0.3, 0.4) is 0 Å². The Labute approximate surface area is 87.5 Å². The van der Waals surface area contributed by atoms with Crippen LogP contribution in [0.1, 0.15) is 13.8 Å². The molecule has 0 aliphatic carbocycles. The highest BCUT2D eigenvalue weighted by molar-refractivity contribution is 5.06. The Hall–Kier alpha value is -0.920. The minimum Gasteiger partial charge on any atom is -0.492 e. The van der Waals surface area contributed by atoms with E-state index in [9.17, 15) is 26.3 Å². The average Bonchev–Trinajstić information content (AvgIpc) is 1.98. The van der Waals surface area contributed by atoms with Gasteiger partial charge in [-0.3, -0.25) is 0 Å². The largest absolute Gasteiger partial charge is 0.492 e. The van der Waals surface area contributed by atoms with Crippen LogP contribution in [0.4, 0.5) is 26.3 Å². The summed E-state index contributed by atoms with van der Waals surface area (Å²) in [6, 6.07) is 0. The van der Waals surface area contributed by atoms with Crippen LogP contribution < -0.4 is 0 Å². The number of hydrogen-bond acceptors (Lipinski definition) is 2. The fourth-order valence-electron chi connectivity index (χ4n) is 1.14. The molecule has 0 aliphatic heterocycles. The van der Waals surface area contributed by atoms with Crippen molar-refractivity contribution in [2.75, 3.05) is 0 Å². The van der Waals surface area contributed by atoms with Crippen molar-refractivity contribution in [3.8, 4) is 0 Å². The van der Waals surface area contributed by atoms with Crippen molar-refractivity contribution in [3.63, 3.8) is 0 Å². The second-order valence-corrected chi connectivity index (χ2v) is 3.50. The molecule has 0 amide bonds. The van der Waals surface area contributed by atoms with Gasteiger partial charge in [0.25, 0.3) is 5.60 Å². The molecule has 0 saturated carbocycles. The molecule has 0 spiro atoms. The number of hydrogen-bond donors (Lipinski definition) is 1. The van der Waals surface area contributed by atoms with Gasteiger partial charge in [-0.05, 0) is 13.8 Å². The smallest absolute Gasteiger partial charge is 0.430 e. The third-order valence-corrected chi connectivity index (χ3v) is 2.07. The predicted molar refractivity (Wildman–Crippen MR) is 42.4 cm³/mol. The highest BCUT2D eigenvalue weighted by Gasteiger charge is 2.78. The number of ether oxygens (including phenoxy) is 1. The maximum atomic E-state index is 12.3. The molecule has 0 unspecified atom stereocenters. The van der Waals surface area contributed by atoms with Gasteiger partial charge in [-0.2, -0.15) is 26.3 Å². The van der Waals surface area contributed by atoms with Gasteiger partial charge in [-0.1, -0.05) is 6.58 Å². The summed E-state index contributed by atoms with van der Waals surface area (Å²) < 4.78 is 78.1. The minimum atomic E-state index is -5.92. The Kier molecular flexibility index (Phi) is 3.61. The topological polar surface area (TPSA) is 29.5 Å². The van der Waals surface area contributed by atoms with E-state index in [0.717, 1.165) is 0 Å². The van der Waals surface area contributed by atoms with E-state index in [4.69, 9.17) is 5.11 Å². The molecule has 0 fully saturated rings. The fourth-order valence-corrected chi connectivity index (χ4v) is 1.14. The molecule has 16 heavy (non-hydrogen) atoms. The summed E-state index contributed by atoms with van der Waals surface area (Å²) in [5.74, 6) is 0. The third-order valence-electron chi connectivity index (χ3n) is 2.07. The molecule has 0 aromatic rings. The number of alkyl halides is 6. The second-order valence-electron chi connectivity index (χ2n) is 3.50. The zero-order valence-corrected chi connectivity index (χ0v) is 8.41. The van der Waals surface area contributed by atoms with Crippen molar-refractivity contribution in [3.05, 3.63) is 12.8 Å². The molecule has 0 aromatic carbocycles. The summed E-state index contributed by atoms with van der Waals surface area (Å²) in [4.78, 5) is 0. The van der Waals surface area contributed by atoms with Gasteiger partial charge in [0.1, 0.15) is 5.60 Å². The molecule has 0 aliphatic rings. The van der Waals surface area contributed by atoms with E-state index in [1.165, 1.54) is 0 Å². The fraction of sp³-hybridized carbons (Fsp3) is 0.750. The lowest BCUT2D eigenvalue weighted by atomic mass is 9.84. The van der Waals surface area contributed by atoms with Gasteiger partial charge < -0.3 is 9.84 Å². The first-order valence-corrected chi connectivity index (χ1v) is 3.96. The van der Waals surface area contributed by atoms with Gasteiger partial charge in [-0.25, -0.2) is 0 Å². The lowest BCUT2D eigenvalue weighted by molar-refractivity contribution is -0.407. The Morgan fingerprint density at radius 2 is 1.31 bits per heavy atom. The van der Waals surface area contributed by atoms with E-state index >= 15 is 0 Å². The van der Waals surface area contributed by atoms with Crippen LogP contribution in [0.15, 0.2) is 12.8 Å². The molecule has 0 aromatic heterocycles. The molecule has 1 N–H and O–H groups in total. The molecule has 0 heterocycles. The van der Waals surface area contributed by atoms with Crippen LogP contribution >= 0.6 is 0 Å². The van der Waals surface area contributed by atoms with Crippen LogP contribution in [0.5, 0.6) is 0 Å². The monoisotopic (exact) mass is 252 g/mol. The lowest BCUT2D eigenvalue weighted by Crippen LogP contribution is -2.69. The van der Waals surface area contributed by atoms with Crippen molar-refractivity contribution in [1.29, 1.82) is 0 Å². The standard InChI is InChI=1S/C8H10F6O2/c1-4-16-5(2,3)6(15,7(9,10)11)8(12,13)14/h4,15H,1H2,2-3H3. The van der Waals surface area contributed by atoms with Gasteiger partial charge in [0.2, 0.25) is 0 Å². The Balaban J connectivity index is 5.70. The summed E-state index contributed by atoms with van der Waals surface area (Å²) in [6.07, 6.45) is -11.4. The average molecular weight is 252 g/mol. The minimum absolute atomic E-state index is 0.405. The van der Waals surface area contributed by atoms with E-state index in [1.54, 1.807) is 0 Å². The Bertz CT molecular complexity index is 251. The summed E-state index contributed by atoms with van der Waals surface area (Å²) in [5.41, 5.74) is -7.91. The molecule has 96 valence electrons. The van der Waals surface area contributed by atoms with Crippen LogP contribution in [0.2, 0.25) is 0 Å². The molecule has 0 bridgehead atoms. The van der Waals surface area contributed by atoms with Crippen molar-refractivity contribution in [2.45, 2.75) is 37.4 Å². The van der Waals surface area contributed by atoms with Crippen molar-refractivity contribution >= 4 is 0 Å². The van der Waals surface area contributed by atoms with Crippen LogP contribution in [0, 0.1) is 0 Å². The highest BCUT2D eigenvalue weighted by Crippen LogP contribution is 2.50. The molecular formula is C8H10F6O2. The zero-order valence-electron chi connectivity index (χ0n) is 8.41. The molecule has 0 atom stereocenters. The van der Waals surface area contributed by atoms with Crippen LogP contribution in [0.25, 0.3) is 0 Å². The zero-order chi connectivity index (χ0) is 13.4. The summed E-state index contributed by atoms with van der Waals surface area (Å²) in [5, 5.41) is 8.92. The van der Waals surface area contributed by atoms with Gasteiger partial charge in [0.05, 0.1) is 6.26 Å². The first-order valence-electron chi connectivity index (χ1n) is 3.96. The van der Waals surface area contributed by atoms with Gasteiger partial charge >= 0.3 is 12.4 Å².